The first-order chi connectivity index (χ1) is 11.9. The molecule has 4 heteroatoms. The molecule has 0 atom stereocenters. The Morgan fingerprint density at radius 1 is 0.750 bits per heavy atom. The lowest BCUT2D eigenvalue weighted by Gasteiger charge is -1.91. The smallest absolute Gasteiger partial charge is 0.180 e. The normalized spacial score (nSPS) is 9.67. The second-order valence-corrected chi connectivity index (χ2v) is 4.94. The molecule has 0 saturated carbocycles. The molecule has 0 unspecified atom stereocenters. The Morgan fingerprint density at radius 3 is 2.25 bits per heavy atom. The first kappa shape index (κ1) is 15.5. The molecule has 3 heterocycles. The average molecular weight is 315 g/mol. The maximum absolute atomic E-state index is 4.47. The quantitative estimate of drug-likeness (QED) is 0.433. The lowest BCUT2D eigenvalue weighted by molar-refractivity contribution is 0.558. The van der Waals surface area contributed by atoms with Crippen molar-refractivity contribution in [2.75, 3.05) is 0 Å². The van der Waals surface area contributed by atoms with Crippen LogP contribution in [0.2, 0.25) is 0 Å². The second kappa shape index (κ2) is 8.29. The number of oxazole rings is 1. The van der Waals surface area contributed by atoms with Crippen molar-refractivity contribution in [3.05, 3.63) is 98.0 Å². The molecule has 118 valence electrons. The van der Waals surface area contributed by atoms with E-state index in [0.29, 0.717) is 0 Å². The van der Waals surface area contributed by atoms with Gasteiger partial charge in [-0.2, -0.15) is 0 Å². The van der Waals surface area contributed by atoms with Gasteiger partial charge in [-0.15, -0.1) is 0 Å². The van der Waals surface area contributed by atoms with Gasteiger partial charge in [-0.3, -0.25) is 4.98 Å². The van der Waals surface area contributed by atoms with Crippen molar-refractivity contribution in [3.63, 3.8) is 0 Å². The third kappa shape index (κ3) is 4.30. The molecule has 4 nitrogen and oxygen atoms in total. The Labute approximate surface area is 139 Å². The van der Waals surface area contributed by atoms with Crippen LogP contribution in [0, 0.1) is 0 Å². The van der Waals surface area contributed by atoms with Gasteiger partial charge in [0.25, 0.3) is 0 Å². The summed E-state index contributed by atoms with van der Waals surface area (Å²) in [5.74, 6) is 0. The van der Waals surface area contributed by atoms with E-state index in [-0.39, 0.29) is 0 Å². The van der Waals surface area contributed by atoms with Gasteiger partial charge in [0, 0.05) is 23.3 Å². The number of nitrogens with zero attached hydrogens (tertiary/aromatic N) is 2. The Balaban J connectivity index is 0.000000112. The fraction of sp³-hybridized carbons (Fsp3) is 0. The molecule has 0 radical (unpaired) electrons. The molecule has 5 rings (SSSR count). The molecule has 0 aliphatic rings. The highest BCUT2D eigenvalue weighted by molar-refractivity contribution is 5.79. The highest BCUT2D eigenvalue weighted by atomic mass is 16.3. The summed E-state index contributed by atoms with van der Waals surface area (Å²) in [7, 11) is 0. The van der Waals surface area contributed by atoms with Gasteiger partial charge in [0.1, 0.15) is 6.26 Å². The summed E-state index contributed by atoms with van der Waals surface area (Å²) < 4.78 is 4.47. The van der Waals surface area contributed by atoms with Crippen molar-refractivity contribution in [3.8, 4) is 0 Å². The summed E-state index contributed by atoms with van der Waals surface area (Å²) in [6, 6.07) is 22.4. The Morgan fingerprint density at radius 2 is 1.54 bits per heavy atom. The number of rotatable bonds is 0. The van der Waals surface area contributed by atoms with E-state index >= 15 is 0 Å². The van der Waals surface area contributed by atoms with Gasteiger partial charge >= 0.3 is 0 Å². The van der Waals surface area contributed by atoms with Crippen molar-refractivity contribution < 1.29 is 4.42 Å². The molecule has 0 aliphatic heterocycles. The van der Waals surface area contributed by atoms with E-state index in [2.05, 4.69) is 49.7 Å². The number of hydrogen-bond donors (Lipinski definition) is 1. The molecule has 1 N–H and O–H groups in total. The fourth-order valence-electron chi connectivity index (χ4n) is 2.19. The van der Waals surface area contributed by atoms with Gasteiger partial charge in [-0.25, -0.2) is 4.98 Å². The summed E-state index contributed by atoms with van der Waals surface area (Å²) in [5.41, 5.74) is 2.27. The average Bonchev–Trinajstić information content (AvgIpc) is 3.37. The molecule has 24 heavy (non-hydrogen) atoms. The number of nitrogens with one attached hydrogen (secondary N) is 1. The van der Waals surface area contributed by atoms with Gasteiger partial charge in [-0.1, -0.05) is 42.5 Å². The van der Waals surface area contributed by atoms with Gasteiger partial charge in [0.15, 0.2) is 6.39 Å². The van der Waals surface area contributed by atoms with Crippen LogP contribution in [0.25, 0.3) is 21.8 Å². The molecule has 5 aromatic rings. The lowest BCUT2D eigenvalue weighted by Crippen LogP contribution is -1.73. The van der Waals surface area contributed by atoms with Crippen molar-refractivity contribution in [1.29, 1.82) is 0 Å². The maximum Gasteiger partial charge on any atom is 0.180 e. The predicted molar refractivity (Wildman–Crippen MR) is 96.5 cm³/mol. The molecule has 0 spiro atoms. The van der Waals surface area contributed by atoms with E-state index in [0.717, 1.165) is 5.52 Å². The van der Waals surface area contributed by atoms with Crippen LogP contribution in [0.15, 0.2) is 102 Å². The molecule has 2 aromatic carbocycles. The number of hydrogen-bond acceptors (Lipinski definition) is 3. The van der Waals surface area contributed by atoms with E-state index in [4.69, 9.17) is 0 Å². The van der Waals surface area contributed by atoms with Crippen LogP contribution in [0.1, 0.15) is 0 Å². The van der Waals surface area contributed by atoms with Gasteiger partial charge in [-0.05, 0) is 29.7 Å². The second-order valence-electron chi connectivity index (χ2n) is 4.94. The topological polar surface area (TPSA) is 54.7 Å². The molecule has 3 aromatic heterocycles. The van der Waals surface area contributed by atoms with Crippen LogP contribution in [0.5, 0.6) is 0 Å². The monoisotopic (exact) mass is 315 g/mol. The number of pyridine rings is 1. The Hall–Kier alpha value is -3.40. The molecule has 0 fully saturated rings. The minimum absolute atomic E-state index is 1.06. The summed E-state index contributed by atoms with van der Waals surface area (Å²) in [6.45, 7) is 0. The zero-order valence-electron chi connectivity index (χ0n) is 13.0. The van der Waals surface area contributed by atoms with Crippen molar-refractivity contribution in [2.45, 2.75) is 0 Å². The fourth-order valence-corrected chi connectivity index (χ4v) is 2.19. The van der Waals surface area contributed by atoms with Crippen LogP contribution in [0.3, 0.4) is 0 Å². The number of para-hydroxylation sites is 2. The predicted octanol–water partition coefficient (Wildman–Crippen LogP) is 5.08. The summed E-state index contributed by atoms with van der Waals surface area (Å²) in [5, 5.41) is 2.47. The van der Waals surface area contributed by atoms with Gasteiger partial charge in [0.05, 0.1) is 11.7 Å². The summed E-state index contributed by atoms with van der Waals surface area (Å²) in [4.78, 5) is 10.9. The number of aromatic nitrogens is 3. The SMILES string of the molecule is c1ccc2[nH]ccc2c1.c1ccc2ncccc2c1.c1cocn1. The molecule has 0 saturated heterocycles. The number of aromatic amines is 1. The number of fused-ring (bicyclic) bond motifs is 2. The first-order valence-electron chi connectivity index (χ1n) is 7.57. The third-order valence-corrected chi connectivity index (χ3v) is 3.32. The van der Waals surface area contributed by atoms with E-state index in [1.165, 1.54) is 28.9 Å². The number of benzene rings is 2. The Kier molecular flexibility index (Phi) is 5.35. The molecule has 0 amide bonds. The maximum atomic E-state index is 4.47. The van der Waals surface area contributed by atoms with Crippen LogP contribution >= 0.6 is 0 Å². The third-order valence-electron chi connectivity index (χ3n) is 3.32. The van der Waals surface area contributed by atoms with Crippen LogP contribution < -0.4 is 0 Å². The van der Waals surface area contributed by atoms with Crippen LogP contribution in [-0.4, -0.2) is 15.0 Å². The van der Waals surface area contributed by atoms with E-state index in [9.17, 15) is 0 Å². The van der Waals surface area contributed by atoms with Crippen molar-refractivity contribution >= 4 is 21.8 Å². The van der Waals surface area contributed by atoms with Crippen LogP contribution in [-0.2, 0) is 0 Å². The molecule has 0 aliphatic carbocycles. The molecular formula is C20H17N3O. The summed E-state index contributed by atoms with van der Waals surface area (Å²) in [6.07, 6.45) is 8.23. The highest BCUT2D eigenvalue weighted by Crippen LogP contribution is 2.09. The zero-order chi connectivity index (χ0) is 16.5. The van der Waals surface area contributed by atoms with Crippen molar-refractivity contribution in [1.82, 2.24) is 15.0 Å². The Bertz CT molecular complexity index is 861. The van der Waals surface area contributed by atoms with E-state index in [1.807, 2.05) is 48.8 Å². The standard InChI is InChI=1S/C9H7N.C8H7N.C3H3NO/c1-2-6-9-8(4-1)5-3-7-10-9;1-2-4-8-7(3-1)5-6-9-8;1-2-5-3-4-1/h1-7H;1-6,9H;1-3H. The number of H-pyrrole nitrogens is 1. The van der Waals surface area contributed by atoms with Crippen molar-refractivity contribution in [2.24, 2.45) is 0 Å². The molecular weight excluding hydrogens is 298 g/mol. The lowest BCUT2D eigenvalue weighted by atomic mass is 10.2. The van der Waals surface area contributed by atoms with Crippen LogP contribution in [0.4, 0.5) is 0 Å². The first-order valence-corrected chi connectivity index (χ1v) is 7.57. The summed E-state index contributed by atoms with van der Waals surface area (Å²) >= 11 is 0. The van der Waals surface area contributed by atoms with E-state index < -0.39 is 0 Å². The largest absolute Gasteiger partial charge is 0.452 e. The zero-order valence-corrected chi connectivity index (χ0v) is 13.0. The highest BCUT2D eigenvalue weighted by Gasteiger charge is 1.87. The van der Waals surface area contributed by atoms with E-state index in [1.54, 1.807) is 6.20 Å². The molecule has 0 bridgehead atoms. The van der Waals surface area contributed by atoms with Gasteiger partial charge < -0.3 is 9.40 Å². The minimum Gasteiger partial charge on any atom is -0.452 e. The van der Waals surface area contributed by atoms with Gasteiger partial charge in [0.2, 0.25) is 0 Å². The minimum atomic E-state index is 1.06.